The second-order valence-corrected chi connectivity index (χ2v) is 3.93. The molecule has 2 aromatic rings. The first-order valence-corrected chi connectivity index (χ1v) is 5.94. The second-order valence-electron chi connectivity index (χ2n) is 3.93. The Morgan fingerprint density at radius 3 is 2.90 bits per heavy atom. The van der Waals surface area contributed by atoms with E-state index in [1.54, 1.807) is 25.3 Å². The fraction of sp³-hybridized carbons (Fsp3) is 0.143. The van der Waals surface area contributed by atoms with Crippen LogP contribution in [0.3, 0.4) is 0 Å². The number of hydrogen-bond donors (Lipinski definition) is 2. The van der Waals surface area contributed by atoms with Crippen molar-refractivity contribution < 1.29 is 4.79 Å². The Bertz CT molecular complexity index is 670. The lowest BCUT2D eigenvalue weighted by Gasteiger charge is -2.03. The summed E-state index contributed by atoms with van der Waals surface area (Å²) in [5.74, 6) is 5.65. The number of rotatable bonds is 2. The number of nitrogens with one attached hydrogen (secondary N) is 1. The van der Waals surface area contributed by atoms with Gasteiger partial charge in [-0.3, -0.25) is 9.78 Å². The highest BCUT2D eigenvalue weighted by atomic mass is 16.1. The third-order valence-corrected chi connectivity index (χ3v) is 2.35. The van der Waals surface area contributed by atoms with Crippen molar-refractivity contribution in [1.29, 1.82) is 0 Å². The molecule has 0 fully saturated rings. The normalized spacial score (nSPS) is 9.50. The average molecular weight is 267 g/mol. The van der Waals surface area contributed by atoms with Gasteiger partial charge in [-0.1, -0.05) is 11.8 Å². The van der Waals surface area contributed by atoms with Gasteiger partial charge in [-0.2, -0.15) is 0 Å². The summed E-state index contributed by atoms with van der Waals surface area (Å²) in [5, 5.41) is 2.64. The largest absolute Gasteiger partial charge is 0.320 e. The Kier molecular flexibility index (Phi) is 4.37. The van der Waals surface area contributed by atoms with Gasteiger partial charge in [-0.25, -0.2) is 9.97 Å². The average Bonchev–Trinajstić information content (AvgIpc) is 2.46. The maximum Gasteiger partial charge on any atom is 0.277 e. The fourth-order valence-corrected chi connectivity index (χ4v) is 1.42. The summed E-state index contributed by atoms with van der Waals surface area (Å²) in [4.78, 5) is 24.0. The summed E-state index contributed by atoms with van der Waals surface area (Å²) in [6.07, 6.45) is 4.52. The molecule has 0 bridgehead atoms. The molecule has 2 heterocycles. The quantitative estimate of drug-likeness (QED) is 0.783. The molecule has 0 saturated carbocycles. The number of hydrogen-bond acceptors (Lipinski definition) is 5. The molecule has 2 aromatic heterocycles. The zero-order chi connectivity index (χ0) is 14.4. The number of amides is 1. The standard InChI is InChI=1S/C14H13N5O/c1-10-8-18-12(9-17-10)14(20)19-13-7-11(3-2-5-15)4-6-16-13/h4,6-9H,5,15H2,1H3,(H,16,19,20). The maximum atomic E-state index is 11.9. The second kappa shape index (κ2) is 6.41. The van der Waals surface area contributed by atoms with Crippen LogP contribution in [0.5, 0.6) is 0 Å². The first kappa shape index (κ1) is 13.6. The molecule has 0 radical (unpaired) electrons. The Labute approximate surface area is 116 Å². The van der Waals surface area contributed by atoms with Gasteiger partial charge >= 0.3 is 0 Å². The summed E-state index contributed by atoms with van der Waals surface area (Å²) in [5.41, 5.74) is 7.02. The highest BCUT2D eigenvalue weighted by Crippen LogP contribution is 2.07. The van der Waals surface area contributed by atoms with Gasteiger partial charge in [0.15, 0.2) is 0 Å². The highest BCUT2D eigenvalue weighted by Gasteiger charge is 2.08. The van der Waals surface area contributed by atoms with Crippen molar-refractivity contribution in [3.05, 3.63) is 47.7 Å². The molecule has 1 amide bonds. The van der Waals surface area contributed by atoms with E-state index in [4.69, 9.17) is 5.73 Å². The lowest BCUT2D eigenvalue weighted by atomic mass is 10.2. The van der Waals surface area contributed by atoms with Crippen LogP contribution < -0.4 is 11.1 Å². The van der Waals surface area contributed by atoms with E-state index in [1.807, 2.05) is 0 Å². The Hall–Kier alpha value is -2.78. The van der Waals surface area contributed by atoms with E-state index < -0.39 is 0 Å². The molecule has 0 unspecified atom stereocenters. The maximum absolute atomic E-state index is 11.9. The lowest BCUT2D eigenvalue weighted by molar-refractivity contribution is 0.102. The molecule has 0 saturated heterocycles. The van der Waals surface area contributed by atoms with Gasteiger partial charge in [0, 0.05) is 18.0 Å². The van der Waals surface area contributed by atoms with Crippen molar-refractivity contribution in [3.63, 3.8) is 0 Å². The number of anilines is 1. The van der Waals surface area contributed by atoms with Crippen LogP contribution in [0.2, 0.25) is 0 Å². The van der Waals surface area contributed by atoms with E-state index in [-0.39, 0.29) is 18.1 Å². The zero-order valence-electron chi connectivity index (χ0n) is 10.9. The first-order valence-electron chi connectivity index (χ1n) is 5.94. The minimum Gasteiger partial charge on any atom is -0.320 e. The third kappa shape index (κ3) is 3.60. The molecule has 100 valence electrons. The van der Waals surface area contributed by atoms with Gasteiger partial charge in [0.1, 0.15) is 11.5 Å². The highest BCUT2D eigenvalue weighted by molar-refractivity contribution is 6.02. The molecule has 20 heavy (non-hydrogen) atoms. The van der Waals surface area contributed by atoms with Crippen LogP contribution in [0.1, 0.15) is 21.7 Å². The molecule has 2 rings (SSSR count). The van der Waals surface area contributed by atoms with Crippen LogP contribution in [-0.2, 0) is 0 Å². The van der Waals surface area contributed by atoms with Crippen molar-refractivity contribution in [2.24, 2.45) is 5.73 Å². The minimum absolute atomic E-state index is 0.232. The van der Waals surface area contributed by atoms with Crippen LogP contribution in [0.25, 0.3) is 0 Å². The number of aromatic nitrogens is 3. The van der Waals surface area contributed by atoms with Crippen LogP contribution in [0.15, 0.2) is 30.7 Å². The van der Waals surface area contributed by atoms with Crippen LogP contribution >= 0.6 is 0 Å². The molecule has 0 aromatic carbocycles. The van der Waals surface area contributed by atoms with E-state index >= 15 is 0 Å². The van der Waals surface area contributed by atoms with Crippen LogP contribution in [-0.4, -0.2) is 27.4 Å². The molecule has 0 aliphatic heterocycles. The van der Waals surface area contributed by atoms with Crippen LogP contribution in [0.4, 0.5) is 5.82 Å². The van der Waals surface area contributed by atoms with Crippen LogP contribution in [0, 0.1) is 18.8 Å². The molecule has 6 nitrogen and oxygen atoms in total. The molecular formula is C14H13N5O. The van der Waals surface area contributed by atoms with Gasteiger partial charge in [-0.15, -0.1) is 0 Å². The van der Waals surface area contributed by atoms with Gasteiger partial charge in [0.25, 0.3) is 5.91 Å². The number of pyridine rings is 1. The molecule has 0 aliphatic carbocycles. The summed E-state index contributed by atoms with van der Waals surface area (Å²) in [7, 11) is 0. The van der Waals surface area contributed by atoms with Crippen molar-refractivity contribution in [2.75, 3.05) is 11.9 Å². The Morgan fingerprint density at radius 2 is 2.20 bits per heavy atom. The monoisotopic (exact) mass is 267 g/mol. The smallest absolute Gasteiger partial charge is 0.277 e. The van der Waals surface area contributed by atoms with Crippen molar-refractivity contribution >= 4 is 11.7 Å². The number of aryl methyl sites for hydroxylation is 1. The number of carbonyl (C=O) groups excluding carboxylic acids is 1. The van der Waals surface area contributed by atoms with E-state index in [2.05, 4.69) is 32.1 Å². The molecular weight excluding hydrogens is 254 g/mol. The van der Waals surface area contributed by atoms with Gasteiger partial charge in [0.05, 0.1) is 18.4 Å². The van der Waals surface area contributed by atoms with Crippen molar-refractivity contribution in [2.45, 2.75) is 6.92 Å². The lowest BCUT2D eigenvalue weighted by Crippen LogP contribution is -2.15. The van der Waals surface area contributed by atoms with Gasteiger partial charge in [0.2, 0.25) is 0 Å². The fourth-order valence-electron chi connectivity index (χ4n) is 1.42. The van der Waals surface area contributed by atoms with Crippen molar-refractivity contribution in [1.82, 2.24) is 15.0 Å². The summed E-state index contributed by atoms with van der Waals surface area (Å²) < 4.78 is 0. The van der Waals surface area contributed by atoms with Crippen molar-refractivity contribution in [3.8, 4) is 11.8 Å². The minimum atomic E-state index is -0.367. The number of nitrogens with zero attached hydrogens (tertiary/aromatic N) is 3. The van der Waals surface area contributed by atoms with Gasteiger partial charge < -0.3 is 11.1 Å². The SMILES string of the molecule is Cc1cnc(C(=O)Nc2cc(C#CCN)ccn2)cn1. The number of nitrogens with two attached hydrogens (primary N) is 1. The molecule has 3 N–H and O–H groups in total. The molecule has 0 atom stereocenters. The zero-order valence-corrected chi connectivity index (χ0v) is 10.9. The summed E-state index contributed by atoms with van der Waals surface area (Å²) in [6, 6.07) is 3.41. The predicted molar refractivity (Wildman–Crippen MR) is 74.9 cm³/mol. The molecule has 0 aliphatic rings. The summed E-state index contributed by atoms with van der Waals surface area (Å²) >= 11 is 0. The van der Waals surface area contributed by atoms with E-state index in [1.165, 1.54) is 12.4 Å². The van der Waals surface area contributed by atoms with E-state index in [0.717, 1.165) is 11.3 Å². The Morgan fingerprint density at radius 1 is 1.35 bits per heavy atom. The van der Waals surface area contributed by atoms with Gasteiger partial charge in [-0.05, 0) is 19.1 Å². The Balaban J connectivity index is 2.13. The molecule has 0 spiro atoms. The molecule has 6 heteroatoms. The first-order chi connectivity index (χ1) is 9.69. The summed E-state index contributed by atoms with van der Waals surface area (Å²) in [6.45, 7) is 2.08. The number of carbonyl (C=O) groups is 1. The topological polar surface area (TPSA) is 93.8 Å². The van der Waals surface area contributed by atoms with E-state index in [9.17, 15) is 4.79 Å². The van der Waals surface area contributed by atoms with E-state index in [0.29, 0.717) is 5.82 Å². The predicted octanol–water partition coefficient (Wildman–Crippen LogP) is 0.743. The third-order valence-electron chi connectivity index (χ3n) is 2.35.